The number of rotatable bonds is 5. The third-order valence-corrected chi connectivity index (χ3v) is 5.48. The number of aromatic nitrogens is 3. The highest BCUT2D eigenvalue weighted by Crippen LogP contribution is 2.26. The van der Waals surface area contributed by atoms with E-state index in [1.54, 1.807) is 26.0 Å². The second kappa shape index (κ2) is 8.85. The number of amides is 2. The summed E-state index contributed by atoms with van der Waals surface area (Å²) in [5.74, 6) is -0.571. The first-order valence-electron chi connectivity index (χ1n) is 10.1. The average molecular weight is 460 g/mol. The SMILES string of the molecule is CC(C)(O)c1ccc(N(Cc2n[nH]c3c2CCOC3)C(=O)Nc2ccc(F)c(Cl)c2)cn1. The summed E-state index contributed by atoms with van der Waals surface area (Å²) < 4.78 is 19.0. The molecule has 0 unspecified atom stereocenters. The Bertz CT molecular complexity index is 1130. The summed E-state index contributed by atoms with van der Waals surface area (Å²) in [5.41, 5.74) is 2.87. The number of ether oxygens (including phenoxy) is 1. The van der Waals surface area contributed by atoms with Crippen LogP contribution in [0.1, 0.15) is 36.5 Å². The molecule has 0 radical (unpaired) electrons. The molecule has 3 heterocycles. The first-order chi connectivity index (χ1) is 15.2. The van der Waals surface area contributed by atoms with Crippen LogP contribution in [0, 0.1) is 5.82 Å². The number of carbonyl (C=O) groups excluding carboxylic acids is 1. The molecule has 1 aromatic carbocycles. The number of fused-ring (bicyclic) bond motifs is 1. The summed E-state index contributed by atoms with van der Waals surface area (Å²) in [7, 11) is 0. The Hall–Kier alpha value is -3.01. The standard InChI is InChI=1S/C22H23ClFN5O3/c1-22(2,31)20-6-4-14(10-25-20)29(11-18-15-7-8-32-12-19(15)28-27-18)21(30)26-13-3-5-17(24)16(23)9-13/h3-6,9-10,31H,7-8,11-12H2,1-2H3,(H,26,30)(H,27,28). The molecule has 2 amide bonds. The second-order valence-corrected chi connectivity index (χ2v) is 8.44. The lowest BCUT2D eigenvalue weighted by Crippen LogP contribution is -2.35. The number of aromatic amines is 1. The molecular formula is C22H23ClFN5O3. The van der Waals surface area contributed by atoms with Gasteiger partial charge in [0.25, 0.3) is 0 Å². The van der Waals surface area contributed by atoms with E-state index in [2.05, 4.69) is 20.5 Å². The monoisotopic (exact) mass is 459 g/mol. The molecule has 0 fully saturated rings. The highest BCUT2D eigenvalue weighted by Gasteiger charge is 2.24. The number of H-pyrrole nitrogens is 1. The number of hydrogen-bond acceptors (Lipinski definition) is 5. The lowest BCUT2D eigenvalue weighted by Gasteiger charge is -2.24. The summed E-state index contributed by atoms with van der Waals surface area (Å²) in [4.78, 5) is 19.0. The van der Waals surface area contributed by atoms with Gasteiger partial charge in [-0.05, 0) is 50.6 Å². The molecule has 0 spiro atoms. The first-order valence-corrected chi connectivity index (χ1v) is 10.5. The summed E-state index contributed by atoms with van der Waals surface area (Å²) >= 11 is 5.85. The van der Waals surface area contributed by atoms with E-state index < -0.39 is 17.4 Å². The summed E-state index contributed by atoms with van der Waals surface area (Å²) in [6.45, 7) is 4.48. The van der Waals surface area contributed by atoms with Crippen LogP contribution in [0.15, 0.2) is 36.5 Å². The number of hydrogen-bond donors (Lipinski definition) is 3. The van der Waals surface area contributed by atoms with E-state index in [1.165, 1.54) is 29.3 Å². The Kier molecular flexibility index (Phi) is 6.14. The van der Waals surface area contributed by atoms with Crippen molar-refractivity contribution < 1.29 is 19.0 Å². The fraction of sp³-hybridized carbons (Fsp3) is 0.318. The molecule has 10 heteroatoms. The van der Waals surface area contributed by atoms with Gasteiger partial charge in [0.05, 0.1) is 53.7 Å². The lowest BCUT2D eigenvalue weighted by atomic mass is 10.0. The van der Waals surface area contributed by atoms with Crippen LogP contribution in [-0.2, 0) is 29.9 Å². The van der Waals surface area contributed by atoms with Gasteiger partial charge in [0.2, 0.25) is 0 Å². The zero-order valence-corrected chi connectivity index (χ0v) is 18.4. The van der Waals surface area contributed by atoms with Crippen molar-refractivity contribution in [1.29, 1.82) is 0 Å². The van der Waals surface area contributed by atoms with Gasteiger partial charge in [0.1, 0.15) is 11.4 Å². The van der Waals surface area contributed by atoms with Gasteiger partial charge in [-0.1, -0.05) is 11.6 Å². The van der Waals surface area contributed by atoms with E-state index >= 15 is 0 Å². The molecule has 1 aliphatic rings. The van der Waals surface area contributed by atoms with Crippen LogP contribution < -0.4 is 10.2 Å². The number of pyridine rings is 1. The molecule has 32 heavy (non-hydrogen) atoms. The smallest absolute Gasteiger partial charge is 0.326 e. The van der Waals surface area contributed by atoms with Gasteiger partial charge in [-0.2, -0.15) is 5.10 Å². The minimum absolute atomic E-state index is 0.0908. The summed E-state index contributed by atoms with van der Waals surface area (Å²) in [5, 5.41) is 20.2. The number of nitrogens with one attached hydrogen (secondary N) is 2. The van der Waals surface area contributed by atoms with Gasteiger partial charge < -0.3 is 15.2 Å². The number of aliphatic hydroxyl groups is 1. The van der Waals surface area contributed by atoms with E-state index in [4.69, 9.17) is 16.3 Å². The third-order valence-electron chi connectivity index (χ3n) is 5.19. The third kappa shape index (κ3) is 4.74. The van der Waals surface area contributed by atoms with Gasteiger partial charge in [-0.15, -0.1) is 0 Å². The molecular weight excluding hydrogens is 437 g/mol. The van der Waals surface area contributed by atoms with Crippen molar-refractivity contribution in [3.8, 4) is 0 Å². The van der Waals surface area contributed by atoms with Crippen LogP contribution in [0.4, 0.5) is 20.6 Å². The van der Waals surface area contributed by atoms with Crippen molar-refractivity contribution in [2.75, 3.05) is 16.8 Å². The van der Waals surface area contributed by atoms with Crippen molar-refractivity contribution in [1.82, 2.24) is 15.2 Å². The number of anilines is 2. The number of carbonyl (C=O) groups is 1. The summed E-state index contributed by atoms with van der Waals surface area (Å²) in [6.07, 6.45) is 2.22. The molecule has 168 valence electrons. The molecule has 3 aromatic rings. The number of halogens is 2. The molecule has 0 bridgehead atoms. The summed E-state index contributed by atoms with van der Waals surface area (Å²) in [6, 6.07) is 6.87. The molecule has 0 saturated heterocycles. The molecule has 2 aromatic heterocycles. The molecule has 0 saturated carbocycles. The Balaban J connectivity index is 1.64. The largest absolute Gasteiger partial charge is 0.384 e. The van der Waals surface area contributed by atoms with Crippen LogP contribution in [0.3, 0.4) is 0 Å². The van der Waals surface area contributed by atoms with Crippen molar-refractivity contribution in [2.24, 2.45) is 0 Å². The van der Waals surface area contributed by atoms with Gasteiger partial charge in [0.15, 0.2) is 0 Å². The Morgan fingerprint density at radius 2 is 2.19 bits per heavy atom. The molecule has 4 rings (SSSR count). The van der Waals surface area contributed by atoms with Crippen molar-refractivity contribution in [3.05, 3.63) is 70.0 Å². The molecule has 8 nitrogen and oxygen atoms in total. The first kappa shape index (κ1) is 22.2. The van der Waals surface area contributed by atoms with Gasteiger partial charge >= 0.3 is 6.03 Å². The van der Waals surface area contributed by atoms with Crippen LogP contribution in [0.5, 0.6) is 0 Å². The molecule has 0 atom stereocenters. The quantitative estimate of drug-likeness (QED) is 0.532. The zero-order valence-electron chi connectivity index (χ0n) is 17.7. The number of urea groups is 1. The van der Waals surface area contributed by atoms with Crippen LogP contribution in [0.25, 0.3) is 0 Å². The second-order valence-electron chi connectivity index (χ2n) is 8.04. The maximum Gasteiger partial charge on any atom is 0.326 e. The van der Waals surface area contributed by atoms with E-state index in [0.29, 0.717) is 36.7 Å². The maximum absolute atomic E-state index is 13.5. The van der Waals surface area contributed by atoms with E-state index in [-0.39, 0.29) is 11.6 Å². The minimum Gasteiger partial charge on any atom is -0.384 e. The van der Waals surface area contributed by atoms with Crippen molar-refractivity contribution in [2.45, 2.75) is 39.0 Å². The van der Waals surface area contributed by atoms with Crippen LogP contribution in [-0.4, -0.2) is 32.9 Å². The lowest BCUT2D eigenvalue weighted by molar-refractivity contribution is 0.0739. The molecule has 3 N–H and O–H groups in total. The van der Waals surface area contributed by atoms with Crippen molar-refractivity contribution >= 4 is 29.0 Å². The van der Waals surface area contributed by atoms with Crippen LogP contribution in [0.2, 0.25) is 5.02 Å². The number of nitrogens with zero attached hydrogens (tertiary/aromatic N) is 3. The molecule has 0 aliphatic carbocycles. The van der Waals surface area contributed by atoms with Gasteiger partial charge in [-0.25, -0.2) is 9.18 Å². The van der Waals surface area contributed by atoms with E-state index in [0.717, 1.165) is 17.0 Å². The average Bonchev–Trinajstić information content (AvgIpc) is 3.17. The normalized spacial score (nSPS) is 13.5. The number of benzene rings is 1. The predicted octanol–water partition coefficient (Wildman–Crippen LogP) is 4.14. The topological polar surface area (TPSA) is 103 Å². The van der Waals surface area contributed by atoms with Crippen molar-refractivity contribution in [3.63, 3.8) is 0 Å². The van der Waals surface area contributed by atoms with Gasteiger partial charge in [0, 0.05) is 11.3 Å². The highest BCUT2D eigenvalue weighted by atomic mass is 35.5. The molecule has 1 aliphatic heterocycles. The highest BCUT2D eigenvalue weighted by molar-refractivity contribution is 6.31. The Morgan fingerprint density at radius 3 is 2.88 bits per heavy atom. The fourth-order valence-corrected chi connectivity index (χ4v) is 3.62. The predicted molar refractivity (Wildman–Crippen MR) is 118 cm³/mol. The minimum atomic E-state index is -1.11. The van der Waals surface area contributed by atoms with E-state index in [9.17, 15) is 14.3 Å². The Morgan fingerprint density at radius 1 is 1.38 bits per heavy atom. The van der Waals surface area contributed by atoms with E-state index in [1.807, 2.05) is 0 Å². The van der Waals surface area contributed by atoms with Gasteiger partial charge in [-0.3, -0.25) is 15.0 Å². The zero-order chi connectivity index (χ0) is 22.9. The maximum atomic E-state index is 13.5. The fourth-order valence-electron chi connectivity index (χ4n) is 3.44. The van der Waals surface area contributed by atoms with Crippen LogP contribution >= 0.6 is 11.6 Å². The Labute approximate surface area is 189 Å².